The average molecular weight is 291 g/mol. The molecule has 0 atom stereocenters. The van der Waals surface area contributed by atoms with Crippen molar-refractivity contribution in [3.05, 3.63) is 52.3 Å². The lowest BCUT2D eigenvalue weighted by molar-refractivity contribution is 0.0696. The van der Waals surface area contributed by atoms with Crippen LogP contribution in [0, 0.1) is 5.82 Å². The van der Waals surface area contributed by atoms with Crippen LogP contribution in [-0.4, -0.2) is 20.6 Å². The maximum atomic E-state index is 13.8. The Hall–Kier alpha value is -2.70. The smallest absolute Gasteiger partial charge is 0.335 e. The number of hydrogen-bond acceptors (Lipinski definition) is 4. The molecule has 0 aliphatic heterocycles. The molecule has 2 aromatic rings. The van der Waals surface area contributed by atoms with E-state index in [0.717, 1.165) is 6.07 Å². The van der Waals surface area contributed by atoms with Gasteiger partial charge in [0.25, 0.3) is 5.56 Å². The Kier molecular flexibility index (Phi) is 4.02. The largest absolute Gasteiger partial charge is 0.478 e. The van der Waals surface area contributed by atoms with Crippen LogP contribution in [0.15, 0.2) is 35.4 Å². The number of nitrogens with one attached hydrogen (secondary N) is 1. The third-order valence-electron chi connectivity index (χ3n) is 2.89. The van der Waals surface area contributed by atoms with Gasteiger partial charge in [-0.2, -0.15) is 0 Å². The Morgan fingerprint density at radius 1 is 1.43 bits per heavy atom. The summed E-state index contributed by atoms with van der Waals surface area (Å²) in [5, 5.41) is 11.4. The second kappa shape index (κ2) is 5.74. The van der Waals surface area contributed by atoms with E-state index in [9.17, 15) is 14.0 Å². The predicted molar refractivity (Wildman–Crippen MR) is 75.5 cm³/mol. The zero-order valence-corrected chi connectivity index (χ0v) is 11.5. The molecule has 1 aromatic heterocycles. The van der Waals surface area contributed by atoms with Crippen molar-refractivity contribution in [3.63, 3.8) is 0 Å². The highest BCUT2D eigenvalue weighted by atomic mass is 19.1. The average Bonchev–Trinajstić information content (AvgIpc) is 2.42. The second-order valence-corrected chi connectivity index (χ2v) is 4.71. The van der Waals surface area contributed by atoms with Crippen molar-refractivity contribution in [2.75, 3.05) is 5.32 Å². The molecule has 7 heteroatoms. The summed E-state index contributed by atoms with van der Waals surface area (Å²) >= 11 is 0. The molecule has 0 saturated heterocycles. The number of carboxylic acid groups (broad SMARTS) is 1. The van der Waals surface area contributed by atoms with Gasteiger partial charge in [-0.05, 0) is 32.0 Å². The number of halogens is 1. The first kappa shape index (κ1) is 14.7. The molecule has 21 heavy (non-hydrogen) atoms. The topological polar surface area (TPSA) is 84.2 Å². The zero-order chi connectivity index (χ0) is 15.6. The van der Waals surface area contributed by atoms with Gasteiger partial charge in [0.15, 0.2) is 5.82 Å². The first-order valence-corrected chi connectivity index (χ1v) is 6.27. The fourth-order valence-corrected chi connectivity index (χ4v) is 1.79. The van der Waals surface area contributed by atoms with Crippen LogP contribution >= 0.6 is 0 Å². The molecule has 0 aliphatic rings. The van der Waals surface area contributed by atoms with Crippen molar-refractivity contribution in [2.24, 2.45) is 0 Å². The lowest BCUT2D eigenvalue weighted by atomic mass is 10.2. The van der Waals surface area contributed by atoms with Gasteiger partial charge < -0.3 is 15.0 Å². The second-order valence-electron chi connectivity index (χ2n) is 4.71. The highest BCUT2D eigenvalue weighted by molar-refractivity contribution is 5.88. The summed E-state index contributed by atoms with van der Waals surface area (Å²) in [5.74, 6) is -2.01. The number of benzene rings is 1. The summed E-state index contributed by atoms with van der Waals surface area (Å²) in [6.45, 7) is 3.68. The van der Waals surface area contributed by atoms with Gasteiger partial charge in [0.2, 0.25) is 0 Å². The number of nitrogens with zero attached hydrogens (tertiary/aromatic N) is 2. The SMILES string of the molecule is CC(C)n1ccnc(Nc2ccc(C(=O)O)cc2F)c1=O. The molecule has 0 radical (unpaired) electrons. The summed E-state index contributed by atoms with van der Waals surface area (Å²) in [6, 6.07) is 3.33. The highest BCUT2D eigenvalue weighted by Gasteiger charge is 2.12. The van der Waals surface area contributed by atoms with Gasteiger partial charge in [-0.3, -0.25) is 4.79 Å². The monoisotopic (exact) mass is 291 g/mol. The van der Waals surface area contributed by atoms with Crippen molar-refractivity contribution in [1.82, 2.24) is 9.55 Å². The van der Waals surface area contributed by atoms with Crippen molar-refractivity contribution >= 4 is 17.5 Å². The van der Waals surface area contributed by atoms with E-state index in [1.165, 1.54) is 22.9 Å². The normalized spacial score (nSPS) is 10.7. The quantitative estimate of drug-likeness (QED) is 0.903. The van der Waals surface area contributed by atoms with Crippen LogP contribution in [0.1, 0.15) is 30.2 Å². The third kappa shape index (κ3) is 3.07. The maximum Gasteiger partial charge on any atom is 0.335 e. The van der Waals surface area contributed by atoms with E-state index >= 15 is 0 Å². The fourth-order valence-electron chi connectivity index (χ4n) is 1.79. The molecule has 0 fully saturated rings. The minimum Gasteiger partial charge on any atom is -0.478 e. The summed E-state index contributed by atoms with van der Waals surface area (Å²) < 4.78 is 15.3. The zero-order valence-electron chi connectivity index (χ0n) is 11.5. The van der Waals surface area contributed by atoms with Crippen LogP contribution in [0.5, 0.6) is 0 Å². The van der Waals surface area contributed by atoms with Crippen LogP contribution < -0.4 is 10.9 Å². The fraction of sp³-hybridized carbons (Fsp3) is 0.214. The standard InChI is InChI=1S/C14H14FN3O3/c1-8(2)18-6-5-16-12(13(18)19)17-11-4-3-9(14(20)21)7-10(11)15/h3-8H,1-2H3,(H,16,17)(H,20,21). The first-order valence-electron chi connectivity index (χ1n) is 6.27. The molecule has 0 saturated carbocycles. The molecule has 0 aliphatic carbocycles. The van der Waals surface area contributed by atoms with Crippen LogP contribution in [0.25, 0.3) is 0 Å². The van der Waals surface area contributed by atoms with E-state index in [1.54, 1.807) is 6.20 Å². The highest BCUT2D eigenvalue weighted by Crippen LogP contribution is 2.18. The van der Waals surface area contributed by atoms with Crippen LogP contribution in [0.2, 0.25) is 0 Å². The van der Waals surface area contributed by atoms with Crippen molar-refractivity contribution < 1.29 is 14.3 Å². The molecule has 1 aromatic carbocycles. The number of aromatic carboxylic acids is 1. The molecule has 110 valence electrons. The van der Waals surface area contributed by atoms with Gasteiger partial charge in [0, 0.05) is 18.4 Å². The molecule has 0 unspecified atom stereocenters. The van der Waals surface area contributed by atoms with Gasteiger partial charge in [-0.1, -0.05) is 0 Å². The van der Waals surface area contributed by atoms with Gasteiger partial charge in [-0.25, -0.2) is 14.2 Å². The van der Waals surface area contributed by atoms with E-state index in [1.807, 2.05) is 13.8 Å². The Balaban J connectivity index is 2.37. The Labute approximate surface area is 119 Å². The molecule has 0 bridgehead atoms. The van der Waals surface area contributed by atoms with Crippen LogP contribution in [0.3, 0.4) is 0 Å². The van der Waals surface area contributed by atoms with E-state index in [0.29, 0.717) is 0 Å². The predicted octanol–water partition coefficient (Wildman–Crippen LogP) is 2.41. The molecule has 1 heterocycles. The van der Waals surface area contributed by atoms with Gasteiger partial charge in [0.05, 0.1) is 11.3 Å². The number of carboxylic acids is 1. The summed E-state index contributed by atoms with van der Waals surface area (Å²) in [4.78, 5) is 26.8. The van der Waals surface area contributed by atoms with Crippen molar-refractivity contribution in [2.45, 2.75) is 19.9 Å². The summed E-state index contributed by atoms with van der Waals surface area (Å²) in [5.41, 5.74) is -0.557. The van der Waals surface area contributed by atoms with Gasteiger partial charge in [0.1, 0.15) is 5.82 Å². The van der Waals surface area contributed by atoms with Gasteiger partial charge in [-0.15, -0.1) is 0 Å². The minimum atomic E-state index is -1.22. The van der Waals surface area contributed by atoms with Crippen LogP contribution in [-0.2, 0) is 0 Å². The maximum absolute atomic E-state index is 13.8. The first-order chi connectivity index (χ1) is 9.90. The van der Waals surface area contributed by atoms with Gasteiger partial charge >= 0.3 is 5.97 Å². The Morgan fingerprint density at radius 2 is 2.14 bits per heavy atom. The number of rotatable bonds is 4. The number of aromatic nitrogens is 2. The number of carbonyl (C=O) groups is 1. The van der Waals surface area contributed by atoms with Crippen LogP contribution in [0.4, 0.5) is 15.9 Å². The molecule has 0 spiro atoms. The molecule has 6 nitrogen and oxygen atoms in total. The summed E-state index contributed by atoms with van der Waals surface area (Å²) in [6.07, 6.45) is 2.98. The molecular weight excluding hydrogens is 277 g/mol. The summed E-state index contributed by atoms with van der Waals surface area (Å²) in [7, 11) is 0. The Morgan fingerprint density at radius 3 is 2.71 bits per heavy atom. The van der Waals surface area contributed by atoms with Crippen molar-refractivity contribution in [3.8, 4) is 0 Å². The van der Waals surface area contributed by atoms with E-state index in [-0.39, 0.29) is 28.7 Å². The Bertz CT molecular complexity index is 740. The lowest BCUT2D eigenvalue weighted by Crippen LogP contribution is -2.24. The molecule has 2 N–H and O–H groups in total. The minimum absolute atomic E-state index is 0.00824. The number of hydrogen-bond donors (Lipinski definition) is 2. The molecule has 2 rings (SSSR count). The molecular formula is C14H14FN3O3. The van der Waals surface area contributed by atoms with Crippen molar-refractivity contribution in [1.29, 1.82) is 0 Å². The van der Waals surface area contributed by atoms with E-state index in [4.69, 9.17) is 5.11 Å². The third-order valence-corrected chi connectivity index (χ3v) is 2.89. The van der Waals surface area contributed by atoms with E-state index in [2.05, 4.69) is 10.3 Å². The lowest BCUT2D eigenvalue weighted by Gasteiger charge is -2.12. The number of anilines is 2. The van der Waals surface area contributed by atoms with E-state index < -0.39 is 11.8 Å². The molecule has 0 amide bonds.